The zero-order valence-electron chi connectivity index (χ0n) is 8.38. The number of aromatic hydroxyl groups is 1. The largest absolute Gasteiger partial charge is 0.493 e. The molecule has 14 heavy (non-hydrogen) atoms. The van der Waals surface area contributed by atoms with Crippen LogP contribution in [0.1, 0.15) is 26.3 Å². The first-order valence-electron chi connectivity index (χ1n) is 3.91. The minimum atomic E-state index is -0.446. The molecule has 1 aromatic heterocycles. The Balaban J connectivity index is 0.00000169. The van der Waals surface area contributed by atoms with Crippen molar-refractivity contribution in [2.45, 2.75) is 26.2 Å². The van der Waals surface area contributed by atoms with E-state index in [0.29, 0.717) is 0 Å². The summed E-state index contributed by atoms with van der Waals surface area (Å²) in [6.07, 6.45) is 0. The fourth-order valence-corrected chi connectivity index (χ4v) is 1.15. The monoisotopic (exact) mass is 201 g/mol. The van der Waals surface area contributed by atoms with E-state index in [-0.39, 0.29) is 22.9 Å². The predicted molar refractivity (Wildman–Crippen MR) is 53.2 cm³/mol. The Labute approximate surface area is 81.1 Å². The first kappa shape index (κ1) is 12.4. The third-order valence-electron chi connectivity index (χ3n) is 1.67. The van der Waals surface area contributed by atoms with E-state index in [4.69, 9.17) is 5.73 Å². The summed E-state index contributed by atoms with van der Waals surface area (Å²) in [6, 6.07) is 0. The lowest BCUT2D eigenvalue weighted by atomic mass is 9.88. The predicted octanol–water partition coefficient (Wildman–Crippen LogP) is -0.469. The second-order valence-corrected chi connectivity index (χ2v) is 3.90. The normalized spacial score (nSPS) is 10.8. The molecule has 6 N–H and O–H groups in total. The number of hydrogen-bond donors (Lipinski definition) is 3. The SMILES string of the molecule is CC(C)(C)c1c(O)nc(N)[nH]c1=O.O. The highest BCUT2D eigenvalue weighted by Gasteiger charge is 2.23. The maximum atomic E-state index is 11.4. The molecule has 0 aromatic carbocycles. The van der Waals surface area contributed by atoms with Crippen LogP contribution in [0.3, 0.4) is 0 Å². The topological polar surface area (TPSA) is 124 Å². The number of hydrogen-bond acceptors (Lipinski definition) is 4. The Kier molecular flexibility index (Phi) is 3.26. The van der Waals surface area contributed by atoms with Gasteiger partial charge >= 0.3 is 0 Å². The average Bonchev–Trinajstić information content (AvgIpc) is 1.78. The van der Waals surface area contributed by atoms with E-state index in [1.54, 1.807) is 0 Å². The van der Waals surface area contributed by atoms with Crippen molar-refractivity contribution in [1.82, 2.24) is 9.97 Å². The van der Waals surface area contributed by atoms with Gasteiger partial charge in [-0.3, -0.25) is 9.78 Å². The zero-order valence-corrected chi connectivity index (χ0v) is 8.38. The Morgan fingerprint density at radius 2 is 1.93 bits per heavy atom. The summed E-state index contributed by atoms with van der Waals surface area (Å²) in [5.74, 6) is -0.371. The number of H-pyrrole nitrogens is 1. The molecule has 0 bridgehead atoms. The number of nitrogens with zero attached hydrogens (tertiary/aromatic N) is 1. The van der Waals surface area contributed by atoms with Crippen LogP contribution in [0.2, 0.25) is 0 Å². The van der Waals surface area contributed by atoms with E-state index >= 15 is 0 Å². The third kappa shape index (κ3) is 2.23. The number of nitrogens with two attached hydrogens (primary N) is 1. The van der Waals surface area contributed by atoms with Gasteiger partial charge in [0.1, 0.15) is 0 Å². The van der Waals surface area contributed by atoms with Crippen molar-refractivity contribution in [2.24, 2.45) is 0 Å². The number of rotatable bonds is 0. The molecule has 0 unspecified atom stereocenters. The minimum Gasteiger partial charge on any atom is -0.493 e. The van der Waals surface area contributed by atoms with Crippen LogP contribution in [0.25, 0.3) is 0 Å². The van der Waals surface area contributed by atoms with E-state index in [2.05, 4.69) is 9.97 Å². The molecule has 0 saturated heterocycles. The maximum absolute atomic E-state index is 11.4. The highest BCUT2D eigenvalue weighted by molar-refractivity contribution is 5.33. The van der Waals surface area contributed by atoms with Crippen LogP contribution in [0, 0.1) is 0 Å². The molecule has 0 radical (unpaired) electrons. The number of anilines is 1. The zero-order chi connectivity index (χ0) is 10.2. The number of aromatic nitrogens is 2. The van der Waals surface area contributed by atoms with Gasteiger partial charge in [-0.2, -0.15) is 4.98 Å². The molecule has 0 spiro atoms. The Morgan fingerprint density at radius 3 is 2.29 bits per heavy atom. The van der Waals surface area contributed by atoms with Crippen molar-refractivity contribution in [2.75, 3.05) is 5.73 Å². The molecule has 1 heterocycles. The highest BCUT2D eigenvalue weighted by atomic mass is 16.3. The molecule has 0 amide bonds. The van der Waals surface area contributed by atoms with Crippen LogP contribution in [-0.2, 0) is 5.41 Å². The van der Waals surface area contributed by atoms with Gasteiger partial charge in [0.05, 0.1) is 5.56 Å². The lowest BCUT2D eigenvalue weighted by molar-refractivity contribution is 0.423. The summed E-state index contributed by atoms with van der Waals surface area (Å²) < 4.78 is 0. The van der Waals surface area contributed by atoms with Gasteiger partial charge in [-0.25, -0.2) is 0 Å². The molecule has 1 rings (SSSR count). The average molecular weight is 201 g/mol. The second kappa shape index (κ2) is 3.67. The molecule has 6 heteroatoms. The molecule has 80 valence electrons. The standard InChI is InChI=1S/C8H13N3O2.H2O/c1-8(2,3)4-5(12)10-7(9)11-6(4)13;/h1-3H3,(H4,9,10,11,12,13);1H2. The van der Waals surface area contributed by atoms with E-state index in [1.165, 1.54) is 0 Å². The van der Waals surface area contributed by atoms with Crippen LogP contribution in [0.4, 0.5) is 5.95 Å². The second-order valence-electron chi connectivity index (χ2n) is 3.90. The van der Waals surface area contributed by atoms with Gasteiger partial charge in [-0.05, 0) is 5.41 Å². The summed E-state index contributed by atoms with van der Waals surface area (Å²) in [7, 11) is 0. The van der Waals surface area contributed by atoms with Crippen molar-refractivity contribution in [1.29, 1.82) is 0 Å². The van der Waals surface area contributed by atoms with Crippen molar-refractivity contribution in [3.05, 3.63) is 15.9 Å². The summed E-state index contributed by atoms with van der Waals surface area (Å²) >= 11 is 0. The van der Waals surface area contributed by atoms with Gasteiger partial charge < -0.3 is 16.3 Å². The molecule has 0 aliphatic heterocycles. The van der Waals surface area contributed by atoms with Gasteiger partial charge in [-0.15, -0.1) is 0 Å². The quantitative estimate of drug-likeness (QED) is 0.524. The summed E-state index contributed by atoms with van der Waals surface area (Å²) in [5, 5.41) is 9.40. The molecule has 0 fully saturated rings. The van der Waals surface area contributed by atoms with E-state index in [1.807, 2.05) is 20.8 Å². The molecule has 6 nitrogen and oxygen atoms in total. The lowest BCUT2D eigenvalue weighted by Crippen LogP contribution is -2.26. The molecule has 1 aromatic rings. The van der Waals surface area contributed by atoms with Gasteiger partial charge in [0.15, 0.2) is 0 Å². The molecule has 0 aliphatic carbocycles. The Morgan fingerprint density at radius 1 is 1.43 bits per heavy atom. The third-order valence-corrected chi connectivity index (χ3v) is 1.67. The first-order chi connectivity index (χ1) is 5.82. The van der Waals surface area contributed by atoms with Gasteiger partial charge in [0.25, 0.3) is 5.56 Å². The van der Waals surface area contributed by atoms with Crippen LogP contribution >= 0.6 is 0 Å². The van der Waals surface area contributed by atoms with E-state index < -0.39 is 11.0 Å². The number of aromatic amines is 1. The minimum absolute atomic E-state index is 0. The van der Waals surface area contributed by atoms with Crippen LogP contribution < -0.4 is 11.3 Å². The maximum Gasteiger partial charge on any atom is 0.259 e. The summed E-state index contributed by atoms with van der Waals surface area (Å²) in [6.45, 7) is 5.44. The van der Waals surface area contributed by atoms with Crippen LogP contribution in [0.15, 0.2) is 4.79 Å². The smallest absolute Gasteiger partial charge is 0.259 e. The summed E-state index contributed by atoms with van der Waals surface area (Å²) in [5.41, 5.74) is 4.66. The van der Waals surface area contributed by atoms with Crippen molar-refractivity contribution in [3.63, 3.8) is 0 Å². The highest BCUT2D eigenvalue weighted by Crippen LogP contribution is 2.25. The fourth-order valence-electron chi connectivity index (χ4n) is 1.15. The molecule has 0 atom stereocenters. The Bertz CT molecular complexity index is 378. The first-order valence-corrected chi connectivity index (χ1v) is 3.91. The number of nitrogen functional groups attached to an aromatic ring is 1. The van der Waals surface area contributed by atoms with E-state index in [0.717, 1.165) is 0 Å². The molecule has 0 saturated carbocycles. The van der Waals surface area contributed by atoms with Crippen molar-refractivity contribution in [3.8, 4) is 5.88 Å². The van der Waals surface area contributed by atoms with Gasteiger partial charge in [0, 0.05) is 0 Å². The van der Waals surface area contributed by atoms with Gasteiger partial charge in [-0.1, -0.05) is 20.8 Å². The van der Waals surface area contributed by atoms with Crippen molar-refractivity contribution < 1.29 is 10.6 Å². The number of nitrogens with one attached hydrogen (secondary N) is 1. The Hall–Kier alpha value is -1.56. The lowest BCUT2D eigenvalue weighted by Gasteiger charge is -2.17. The van der Waals surface area contributed by atoms with Crippen LogP contribution in [0.5, 0.6) is 5.88 Å². The molecular formula is C8H15N3O3. The molecule has 0 aliphatic rings. The fraction of sp³-hybridized carbons (Fsp3) is 0.500. The summed E-state index contributed by atoms with van der Waals surface area (Å²) in [4.78, 5) is 17.3. The van der Waals surface area contributed by atoms with Crippen LogP contribution in [-0.4, -0.2) is 20.6 Å². The molecular weight excluding hydrogens is 186 g/mol. The van der Waals surface area contributed by atoms with Gasteiger partial charge in [0.2, 0.25) is 11.8 Å². The van der Waals surface area contributed by atoms with E-state index in [9.17, 15) is 9.90 Å². The van der Waals surface area contributed by atoms with Crippen molar-refractivity contribution >= 4 is 5.95 Å².